The molecule has 1 saturated carbocycles. The monoisotopic (exact) mass is 285 g/mol. The van der Waals surface area contributed by atoms with Crippen LogP contribution in [0.2, 0.25) is 0 Å². The number of nitrogens with zero attached hydrogens (tertiary/aromatic N) is 4. The molecule has 1 N–H and O–H groups in total. The SMILES string of the molecule is CCc1nn(-c2cc(C)ncn2)c(CC)c1CNC1CC1. The van der Waals surface area contributed by atoms with Gasteiger partial charge in [-0.1, -0.05) is 13.8 Å². The Morgan fingerprint density at radius 2 is 2.05 bits per heavy atom. The van der Waals surface area contributed by atoms with Crippen molar-refractivity contribution in [1.29, 1.82) is 0 Å². The van der Waals surface area contributed by atoms with Crippen molar-refractivity contribution >= 4 is 0 Å². The van der Waals surface area contributed by atoms with Crippen LogP contribution in [-0.4, -0.2) is 25.8 Å². The van der Waals surface area contributed by atoms with E-state index in [-0.39, 0.29) is 0 Å². The smallest absolute Gasteiger partial charge is 0.157 e. The number of nitrogens with one attached hydrogen (secondary N) is 1. The molecule has 3 rings (SSSR count). The van der Waals surface area contributed by atoms with Gasteiger partial charge in [-0.3, -0.25) is 0 Å². The second-order valence-corrected chi connectivity index (χ2v) is 5.66. The highest BCUT2D eigenvalue weighted by molar-refractivity contribution is 5.34. The predicted molar refractivity (Wildman–Crippen MR) is 82.5 cm³/mol. The van der Waals surface area contributed by atoms with E-state index in [2.05, 4.69) is 29.1 Å². The fourth-order valence-corrected chi connectivity index (χ4v) is 2.67. The molecule has 0 atom stereocenters. The molecule has 21 heavy (non-hydrogen) atoms. The molecule has 1 aliphatic carbocycles. The minimum absolute atomic E-state index is 0.712. The number of rotatable bonds is 6. The van der Waals surface area contributed by atoms with E-state index in [1.54, 1.807) is 6.33 Å². The van der Waals surface area contributed by atoms with Crippen molar-refractivity contribution in [3.63, 3.8) is 0 Å². The Morgan fingerprint density at radius 1 is 1.24 bits per heavy atom. The Hall–Kier alpha value is -1.75. The summed E-state index contributed by atoms with van der Waals surface area (Å²) < 4.78 is 2.00. The minimum atomic E-state index is 0.712. The molecule has 5 nitrogen and oxygen atoms in total. The third-order valence-electron chi connectivity index (χ3n) is 3.99. The van der Waals surface area contributed by atoms with Crippen LogP contribution in [0.15, 0.2) is 12.4 Å². The molecular formula is C16H23N5. The van der Waals surface area contributed by atoms with E-state index in [9.17, 15) is 0 Å². The minimum Gasteiger partial charge on any atom is -0.310 e. The zero-order chi connectivity index (χ0) is 14.8. The zero-order valence-electron chi connectivity index (χ0n) is 13.1. The van der Waals surface area contributed by atoms with Crippen molar-refractivity contribution in [1.82, 2.24) is 25.1 Å². The maximum absolute atomic E-state index is 4.80. The number of hydrogen-bond acceptors (Lipinski definition) is 4. The Balaban J connectivity index is 1.99. The molecule has 2 aromatic rings. The number of hydrogen-bond donors (Lipinski definition) is 1. The first kappa shape index (κ1) is 14.2. The predicted octanol–water partition coefficient (Wildman–Crippen LogP) is 2.35. The zero-order valence-corrected chi connectivity index (χ0v) is 13.1. The maximum atomic E-state index is 4.80. The lowest BCUT2D eigenvalue weighted by Gasteiger charge is -2.08. The summed E-state index contributed by atoms with van der Waals surface area (Å²) in [6.07, 6.45) is 6.13. The Kier molecular flexibility index (Phi) is 4.01. The third-order valence-corrected chi connectivity index (χ3v) is 3.99. The first-order valence-electron chi connectivity index (χ1n) is 7.85. The van der Waals surface area contributed by atoms with Crippen molar-refractivity contribution in [2.75, 3.05) is 0 Å². The van der Waals surface area contributed by atoms with Crippen LogP contribution in [0.1, 0.15) is 49.3 Å². The van der Waals surface area contributed by atoms with E-state index in [1.165, 1.54) is 29.8 Å². The van der Waals surface area contributed by atoms with E-state index in [1.807, 2.05) is 17.7 Å². The van der Waals surface area contributed by atoms with E-state index in [0.29, 0.717) is 6.04 Å². The standard InChI is InChI=1S/C16H23N5/c1-4-14-13(9-17-12-6-7-12)15(5-2)21(20-14)16-8-11(3)18-10-19-16/h8,10,12,17H,4-7,9H2,1-3H3. The third kappa shape index (κ3) is 2.97. The quantitative estimate of drug-likeness (QED) is 0.885. The van der Waals surface area contributed by atoms with Crippen LogP contribution in [0.3, 0.4) is 0 Å². The van der Waals surface area contributed by atoms with Gasteiger partial charge in [-0.25, -0.2) is 14.6 Å². The molecule has 0 amide bonds. The summed E-state index contributed by atoms with van der Waals surface area (Å²) in [5.74, 6) is 0.867. The molecule has 0 bridgehead atoms. The average molecular weight is 285 g/mol. The van der Waals surface area contributed by atoms with Gasteiger partial charge in [0.15, 0.2) is 5.82 Å². The van der Waals surface area contributed by atoms with Crippen LogP contribution in [0.5, 0.6) is 0 Å². The summed E-state index contributed by atoms with van der Waals surface area (Å²) in [4.78, 5) is 8.56. The van der Waals surface area contributed by atoms with Crippen LogP contribution >= 0.6 is 0 Å². The average Bonchev–Trinajstić information content (AvgIpc) is 3.24. The van der Waals surface area contributed by atoms with Crippen molar-refractivity contribution in [2.45, 2.75) is 59.0 Å². The molecule has 0 aromatic carbocycles. The van der Waals surface area contributed by atoms with Crippen LogP contribution in [0.25, 0.3) is 5.82 Å². The lowest BCUT2D eigenvalue weighted by atomic mass is 10.1. The van der Waals surface area contributed by atoms with Gasteiger partial charge in [-0.05, 0) is 32.6 Å². The highest BCUT2D eigenvalue weighted by Gasteiger charge is 2.23. The molecule has 0 spiro atoms. The van der Waals surface area contributed by atoms with Crippen molar-refractivity contribution < 1.29 is 0 Å². The Bertz CT molecular complexity index is 628. The summed E-state index contributed by atoms with van der Waals surface area (Å²) in [5, 5.41) is 8.41. The lowest BCUT2D eigenvalue weighted by Crippen LogP contribution is -2.17. The van der Waals surface area contributed by atoms with Crippen LogP contribution in [-0.2, 0) is 19.4 Å². The van der Waals surface area contributed by atoms with Gasteiger partial charge in [0, 0.05) is 29.9 Å². The summed E-state index contributed by atoms with van der Waals surface area (Å²) in [6, 6.07) is 2.70. The summed E-state index contributed by atoms with van der Waals surface area (Å²) in [5.41, 5.74) is 4.76. The van der Waals surface area contributed by atoms with Crippen LogP contribution in [0.4, 0.5) is 0 Å². The van der Waals surface area contributed by atoms with Crippen LogP contribution in [0, 0.1) is 6.92 Å². The van der Waals surface area contributed by atoms with Gasteiger partial charge in [0.05, 0.1) is 11.4 Å². The second kappa shape index (κ2) is 5.93. The Labute approximate surface area is 125 Å². The topological polar surface area (TPSA) is 55.6 Å². The largest absolute Gasteiger partial charge is 0.310 e. The van der Waals surface area contributed by atoms with Gasteiger partial charge in [-0.15, -0.1) is 0 Å². The molecule has 5 heteroatoms. The van der Waals surface area contributed by atoms with Crippen molar-refractivity contribution in [2.24, 2.45) is 0 Å². The molecule has 1 fully saturated rings. The van der Waals surface area contributed by atoms with Gasteiger partial charge in [0.2, 0.25) is 0 Å². The first-order valence-corrected chi connectivity index (χ1v) is 7.85. The highest BCUT2D eigenvalue weighted by Crippen LogP contribution is 2.23. The number of aromatic nitrogens is 4. The van der Waals surface area contributed by atoms with Gasteiger partial charge in [0.25, 0.3) is 0 Å². The number of aryl methyl sites for hydroxylation is 2. The van der Waals surface area contributed by atoms with E-state index < -0.39 is 0 Å². The Morgan fingerprint density at radius 3 is 2.67 bits per heavy atom. The second-order valence-electron chi connectivity index (χ2n) is 5.66. The summed E-state index contributed by atoms with van der Waals surface area (Å²) in [6.45, 7) is 7.25. The van der Waals surface area contributed by atoms with Gasteiger partial charge >= 0.3 is 0 Å². The molecule has 2 heterocycles. The molecule has 0 aliphatic heterocycles. The molecule has 0 radical (unpaired) electrons. The van der Waals surface area contributed by atoms with Crippen LogP contribution < -0.4 is 5.32 Å². The van der Waals surface area contributed by atoms with Gasteiger partial charge < -0.3 is 5.32 Å². The van der Waals surface area contributed by atoms with E-state index >= 15 is 0 Å². The summed E-state index contributed by atoms with van der Waals surface area (Å²) >= 11 is 0. The van der Waals surface area contributed by atoms with Gasteiger partial charge in [-0.2, -0.15) is 5.10 Å². The molecule has 0 unspecified atom stereocenters. The lowest BCUT2D eigenvalue weighted by molar-refractivity contribution is 0.676. The van der Waals surface area contributed by atoms with E-state index in [0.717, 1.165) is 30.9 Å². The van der Waals surface area contributed by atoms with Gasteiger partial charge in [0.1, 0.15) is 6.33 Å². The summed E-state index contributed by atoms with van der Waals surface area (Å²) in [7, 11) is 0. The normalized spacial score (nSPS) is 14.6. The molecule has 1 aliphatic rings. The first-order chi connectivity index (χ1) is 10.2. The highest BCUT2D eigenvalue weighted by atomic mass is 15.3. The molecule has 112 valence electrons. The van der Waals surface area contributed by atoms with E-state index in [4.69, 9.17) is 5.10 Å². The molecule has 2 aromatic heterocycles. The van der Waals surface area contributed by atoms with Crippen molar-refractivity contribution in [3.05, 3.63) is 35.0 Å². The fraction of sp³-hybridized carbons (Fsp3) is 0.562. The van der Waals surface area contributed by atoms with Crippen molar-refractivity contribution in [3.8, 4) is 5.82 Å². The molecular weight excluding hydrogens is 262 g/mol. The molecule has 0 saturated heterocycles. The maximum Gasteiger partial charge on any atom is 0.157 e. The fourth-order valence-electron chi connectivity index (χ4n) is 2.67.